The molecule has 1 rings (SSSR count). The summed E-state index contributed by atoms with van der Waals surface area (Å²) in [5, 5.41) is 9.24. The van der Waals surface area contributed by atoms with E-state index in [1.54, 1.807) is 13.0 Å². The number of rotatable bonds is 5. The van der Waals surface area contributed by atoms with Crippen LogP contribution in [0.15, 0.2) is 23.1 Å². The number of benzene rings is 1. The third-order valence-corrected chi connectivity index (χ3v) is 4.71. The van der Waals surface area contributed by atoms with E-state index < -0.39 is 15.6 Å². The van der Waals surface area contributed by atoms with E-state index >= 15 is 0 Å². The first-order chi connectivity index (χ1) is 8.24. The number of hydrogen-bond acceptors (Lipinski definition) is 4. The first-order valence-electron chi connectivity index (χ1n) is 5.75. The molecule has 4 N–H and O–H groups in total. The molecule has 0 radical (unpaired) electrons. The minimum Gasteiger partial charge on any atom is -0.398 e. The van der Waals surface area contributed by atoms with Crippen LogP contribution >= 0.6 is 0 Å². The van der Waals surface area contributed by atoms with Crippen molar-refractivity contribution >= 4 is 15.7 Å². The fourth-order valence-corrected chi connectivity index (χ4v) is 2.89. The van der Waals surface area contributed by atoms with Gasteiger partial charge in [-0.3, -0.25) is 0 Å². The SMILES string of the molecule is CCC(C)(CO)NS(=O)(=O)c1ccc(C)c(N)c1. The molecule has 1 unspecified atom stereocenters. The van der Waals surface area contributed by atoms with Crippen LogP contribution in [0.4, 0.5) is 5.69 Å². The summed E-state index contributed by atoms with van der Waals surface area (Å²) in [6, 6.07) is 4.58. The predicted molar refractivity (Wildman–Crippen MR) is 71.7 cm³/mol. The van der Waals surface area contributed by atoms with E-state index in [1.807, 2.05) is 13.8 Å². The van der Waals surface area contributed by atoms with Gasteiger partial charge in [-0.15, -0.1) is 0 Å². The fourth-order valence-electron chi connectivity index (χ4n) is 1.39. The number of nitrogens with two attached hydrogens (primary N) is 1. The van der Waals surface area contributed by atoms with Crippen LogP contribution in [0, 0.1) is 6.92 Å². The number of aliphatic hydroxyl groups is 1. The molecule has 0 spiro atoms. The van der Waals surface area contributed by atoms with Gasteiger partial charge in [-0.25, -0.2) is 13.1 Å². The van der Waals surface area contributed by atoms with E-state index in [2.05, 4.69) is 4.72 Å². The van der Waals surface area contributed by atoms with Crippen molar-refractivity contribution in [1.82, 2.24) is 4.72 Å². The van der Waals surface area contributed by atoms with Crippen molar-refractivity contribution in [3.05, 3.63) is 23.8 Å². The summed E-state index contributed by atoms with van der Waals surface area (Å²) < 4.78 is 26.8. The summed E-state index contributed by atoms with van der Waals surface area (Å²) in [5.74, 6) is 0. The first kappa shape index (κ1) is 14.9. The molecule has 0 aliphatic carbocycles. The zero-order chi connectivity index (χ0) is 14.0. The lowest BCUT2D eigenvalue weighted by Crippen LogP contribution is -2.48. The van der Waals surface area contributed by atoms with Crippen LogP contribution in [0.3, 0.4) is 0 Å². The molecule has 1 aromatic rings. The van der Waals surface area contributed by atoms with E-state index in [4.69, 9.17) is 5.73 Å². The second kappa shape index (κ2) is 5.26. The molecule has 6 heteroatoms. The van der Waals surface area contributed by atoms with Crippen molar-refractivity contribution in [2.45, 2.75) is 37.6 Å². The molecule has 0 amide bonds. The van der Waals surface area contributed by atoms with Gasteiger partial charge in [0.25, 0.3) is 0 Å². The molecular formula is C12H20N2O3S. The molecule has 0 fully saturated rings. The zero-order valence-corrected chi connectivity index (χ0v) is 11.7. The predicted octanol–water partition coefficient (Wildman–Crippen LogP) is 1.02. The van der Waals surface area contributed by atoms with E-state index in [9.17, 15) is 13.5 Å². The summed E-state index contributed by atoms with van der Waals surface area (Å²) >= 11 is 0. The average Bonchev–Trinajstić information content (AvgIpc) is 2.32. The number of sulfonamides is 1. The number of aryl methyl sites for hydroxylation is 1. The van der Waals surface area contributed by atoms with Gasteiger partial charge in [0.15, 0.2) is 0 Å². The Morgan fingerprint density at radius 1 is 1.44 bits per heavy atom. The molecule has 0 aromatic heterocycles. The molecule has 0 bridgehead atoms. The van der Waals surface area contributed by atoms with Gasteiger partial charge in [-0.1, -0.05) is 13.0 Å². The lowest BCUT2D eigenvalue weighted by Gasteiger charge is -2.26. The monoisotopic (exact) mass is 272 g/mol. The number of nitrogen functional groups attached to an aromatic ring is 1. The second-order valence-corrected chi connectivity index (χ2v) is 6.38. The molecule has 0 heterocycles. The van der Waals surface area contributed by atoms with Crippen LogP contribution in [0.1, 0.15) is 25.8 Å². The zero-order valence-electron chi connectivity index (χ0n) is 10.9. The standard InChI is InChI=1S/C12H20N2O3S/c1-4-12(3,8-15)14-18(16,17)10-6-5-9(2)11(13)7-10/h5-7,14-15H,4,8,13H2,1-3H3. The quantitative estimate of drug-likeness (QED) is 0.698. The maximum absolute atomic E-state index is 12.2. The van der Waals surface area contributed by atoms with E-state index in [0.29, 0.717) is 12.1 Å². The summed E-state index contributed by atoms with van der Waals surface area (Å²) in [7, 11) is -3.67. The van der Waals surface area contributed by atoms with Crippen molar-refractivity contribution in [3.8, 4) is 0 Å². The Kier molecular flexibility index (Phi) is 4.37. The van der Waals surface area contributed by atoms with E-state index in [1.165, 1.54) is 12.1 Å². The third kappa shape index (κ3) is 3.22. The van der Waals surface area contributed by atoms with Crippen molar-refractivity contribution in [2.75, 3.05) is 12.3 Å². The molecular weight excluding hydrogens is 252 g/mol. The molecule has 0 aliphatic heterocycles. The molecule has 0 saturated carbocycles. The Morgan fingerprint density at radius 2 is 2.06 bits per heavy atom. The van der Waals surface area contributed by atoms with E-state index in [-0.39, 0.29) is 11.5 Å². The van der Waals surface area contributed by atoms with Gasteiger partial charge in [-0.05, 0) is 38.0 Å². The Labute approximate surface area is 108 Å². The molecule has 5 nitrogen and oxygen atoms in total. The summed E-state index contributed by atoms with van der Waals surface area (Å²) in [4.78, 5) is 0.110. The Hall–Kier alpha value is -1.11. The van der Waals surface area contributed by atoms with Gasteiger partial charge in [-0.2, -0.15) is 0 Å². The summed E-state index contributed by atoms with van der Waals surface area (Å²) in [6.45, 7) is 5.01. The van der Waals surface area contributed by atoms with Crippen LogP contribution in [0.5, 0.6) is 0 Å². The van der Waals surface area contributed by atoms with E-state index in [0.717, 1.165) is 5.56 Å². The lowest BCUT2D eigenvalue weighted by atomic mass is 10.0. The highest BCUT2D eigenvalue weighted by atomic mass is 32.2. The van der Waals surface area contributed by atoms with Gasteiger partial charge in [0.2, 0.25) is 10.0 Å². The smallest absolute Gasteiger partial charge is 0.241 e. The minimum atomic E-state index is -3.67. The number of anilines is 1. The maximum Gasteiger partial charge on any atom is 0.241 e. The topological polar surface area (TPSA) is 92.4 Å². The van der Waals surface area contributed by atoms with Gasteiger partial charge in [0.05, 0.1) is 17.0 Å². The molecule has 102 valence electrons. The largest absolute Gasteiger partial charge is 0.398 e. The Balaban J connectivity index is 3.10. The van der Waals surface area contributed by atoms with Crippen LogP contribution in [-0.2, 0) is 10.0 Å². The molecule has 1 atom stereocenters. The van der Waals surface area contributed by atoms with Crippen LogP contribution < -0.4 is 10.5 Å². The van der Waals surface area contributed by atoms with Gasteiger partial charge in [0.1, 0.15) is 0 Å². The van der Waals surface area contributed by atoms with Crippen molar-refractivity contribution in [1.29, 1.82) is 0 Å². The molecule has 1 aromatic carbocycles. The molecule has 0 aliphatic rings. The summed E-state index contributed by atoms with van der Waals surface area (Å²) in [5.41, 5.74) is 6.10. The van der Waals surface area contributed by atoms with Gasteiger partial charge in [0, 0.05) is 5.69 Å². The van der Waals surface area contributed by atoms with Crippen molar-refractivity contribution < 1.29 is 13.5 Å². The molecule has 18 heavy (non-hydrogen) atoms. The van der Waals surface area contributed by atoms with Crippen LogP contribution in [-0.4, -0.2) is 25.7 Å². The first-order valence-corrected chi connectivity index (χ1v) is 7.23. The lowest BCUT2D eigenvalue weighted by molar-refractivity contribution is 0.191. The Morgan fingerprint density at radius 3 is 2.50 bits per heavy atom. The average molecular weight is 272 g/mol. The minimum absolute atomic E-state index is 0.110. The number of nitrogens with one attached hydrogen (secondary N) is 1. The molecule has 0 saturated heterocycles. The van der Waals surface area contributed by atoms with Gasteiger partial charge >= 0.3 is 0 Å². The maximum atomic E-state index is 12.2. The fraction of sp³-hybridized carbons (Fsp3) is 0.500. The highest BCUT2D eigenvalue weighted by molar-refractivity contribution is 7.89. The number of hydrogen-bond donors (Lipinski definition) is 3. The highest BCUT2D eigenvalue weighted by Gasteiger charge is 2.28. The van der Waals surface area contributed by atoms with Gasteiger partial charge < -0.3 is 10.8 Å². The Bertz CT molecular complexity index is 522. The number of aliphatic hydroxyl groups excluding tert-OH is 1. The van der Waals surface area contributed by atoms with Crippen LogP contribution in [0.2, 0.25) is 0 Å². The van der Waals surface area contributed by atoms with Crippen LogP contribution in [0.25, 0.3) is 0 Å². The van der Waals surface area contributed by atoms with Crippen molar-refractivity contribution in [3.63, 3.8) is 0 Å². The second-order valence-electron chi connectivity index (χ2n) is 4.70. The highest BCUT2D eigenvalue weighted by Crippen LogP contribution is 2.19. The third-order valence-electron chi connectivity index (χ3n) is 3.07. The van der Waals surface area contributed by atoms with Crippen molar-refractivity contribution in [2.24, 2.45) is 0 Å². The summed E-state index contributed by atoms with van der Waals surface area (Å²) in [6.07, 6.45) is 0.490. The normalized spacial score (nSPS) is 15.3.